The SMILES string of the molecule is C(#CC1CC1)c1nccc2occc12. The molecule has 1 aliphatic carbocycles. The highest BCUT2D eigenvalue weighted by atomic mass is 16.3. The summed E-state index contributed by atoms with van der Waals surface area (Å²) in [5, 5.41) is 1.01. The molecule has 1 saturated carbocycles. The van der Waals surface area contributed by atoms with E-state index in [1.165, 1.54) is 12.8 Å². The van der Waals surface area contributed by atoms with Gasteiger partial charge in [0.2, 0.25) is 0 Å². The highest BCUT2D eigenvalue weighted by molar-refractivity contribution is 5.81. The Morgan fingerprint density at radius 1 is 1.36 bits per heavy atom. The van der Waals surface area contributed by atoms with Gasteiger partial charge in [0.15, 0.2) is 0 Å². The van der Waals surface area contributed by atoms with Crippen LogP contribution in [0.2, 0.25) is 0 Å². The number of hydrogen-bond donors (Lipinski definition) is 0. The Hall–Kier alpha value is -1.75. The van der Waals surface area contributed by atoms with Crippen molar-refractivity contribution in [1.29, 1.82) is 0 Å². The van der Waals surface area contributed by atoms with Gasteiger partial charge in [0.05, 0.1) is 11.6 Å². The lowest BCUT2D eigenvalue weighted by Crippen LogP contribution is -1.81. The van der Waals surface area contributed by atoms with Gasteiger partial charge in [-0.2, -0.15) is 0 Å². The van der Waals surface area contributed by atoms with Crippen molar-refractivity contribution in [3.63, 3.8) is 0 Å². The molecule has 14 heavy (non-hydrogen) atoms. The smallest absolute Gasteiger partial charge is 0.138 e. The molecule has 68 valence electrons. The van der Waals surface area contributed by atoms with Crippen LogP contribution in [0.4, 0.5) is 0 Å². The van der Waals surface area contributed by atoms with Crippen LogP contribution in [0, 0.1) is 17.8 Å². The summed E-state index contributed by atoms with van der Waals surface area (Å²) >= 11 is 0. The Morgan fingerprint density at radius 2 is 2.29 bits per heavy atom. The van der Waals surface area contributed by atoms with E-state index in [-0.39, 0.29) is 0 Å². The predicted molar refractivity (Wildman–Crippen MR) is 53.6 cm³/mol. The summed E-state index contributed by atoms with van der Waals surface area (Å²) in [6.07, 6.45) is 5.90. The zero-order chi connectivity index (χ0) is 9.38. The topological polar surface area (TPSA) is 26.0 Å². The molecule has 0 N–H and O–H groups in total. The average molecular weight is 183 g/mol. The molecular formula is C12H9NO. The van der Waals surface area contributed by atoms with Gasteiger partial charge in [0.1, 0.15) is 11.3 Å². The van der Waals surface area contributed by atoms with Crippen LogP contribution in [-0.4, -0.2) is 4.98 Å². The van der Waals surface area contributed by atoms with Gasteiger partial charge in [-0.1, -0.05) is 5.92 Å². The molecule has 0 atom stereocenters. The third kappa shape index (κ3) is 1.27. The van der Waals surface area contributed by atoms with Gasteiger partial charge in [0, 0.05) is 12.1 Å². The molecule has 0 radical (unpaired) electrons. The zero-order valence-corrected chi connectivity index (χ0v) is 7.66. The third-order valence-electron chi connectivity index (χ3n) is 2.35. The number of rotatable bonds is 0. The van der Waals surface area contributed by atoms with Crippen LogP contribution in [0.1, 0.15) is 18.5 Å². The molecule has 0 saturated heterocycles. The molecular weight excluding hydrogens is 174 g/mol. The molecule has 0 aliphatic heterocycles. The molecule has 2 heterocycles. The van der Waals surface area contributed by atoms with Crippen molar-refractivity contribution < 1.29 is 4.42 Å². The van der Waals surface area contributed by atoms with Crippen molar-refractivity contribution in [2.75, 3.05) is 0 Å². The summed E-state index contributed by atoms with van der Waals surface area (Å²) < 4.78 is 5.27. The fourth-order valence-electron chi connectivity index (χ4n) is 1.39. The quantitative estimate of drug-likeness (QED) is 0.587. The van der Waals surface area contributed by atoms with Crippen molar-refractivity contribution in [3.05, 3.63) is 30.3 Å². The molecule has 0 bridgehead atoms. The first-order valence-corrected chi connectivity index (χ1v) is 4.77. The first-order valence-electron chi connectivity index (χ1n) is 4.77. The molecule has 2 nitrogen and oxygen atoms in total. The Labute approximate surface area is 81.9 Å². The summed E-state index contributed by atoms with van der Waals surface area (Å²) in [6.45, 7) is 0. The fourth-order valence-corrected chi connectivity index (χ4v) is 1.39. The van der Waals surface area contributed by atoms with Crippen LogP contribution in [0.3, 0.4) is 0 Å². The van der Waals surface area contributed by atoms with E-state index < -0.39 is 0 Å². The van der Waals surface area contributed by atoms with E-state index in [1.54, 1.807) is 12.5 Å². The number of hydrogen-bond acceptors (Lipinski definition) is 2. The summed E-state index contributed by atoms with van der Waals surface area (Å²) in [7, 11) is 0. The molecule has 0 aromatic carbocycles. The molecule has 0 spiro atoms. The average Bonchev–Trinajstić information content (AvgIpc) is 2.91. The molecule has 2 aromatic rings. The summed E-state index contributed by atoms with van der Waals surface area (Å²) in [6, 6.07) is 3.77. The number of furan rings is 1. The lowest BCUT2D eigenvalue weighted by Gasteiger charge is -1.90. The van der Waals surface area contributed by atoms with Crippen molar-refractivity contribution in [2.45, 2.75) is 12.8 Å². The fraction of sp³-hybridized carbons (Fsp3) is 0.250. The molecule has 0 amide bonds. The van der Waals surface area contributed by atoms with Crippen LogP contribution in [0.5, 0.6) is 0 Å². The van der Waals surface area contributed by atoms with Gasteiger partial charge in [0.25, 0.3) is 0 Å². The van der Waals surface area contributed by atoms with Crippen LogP contribution >= 0.6 is 0 Å². The van der Waals surface area contributed by atoms with E-state index in [0.717, 1.165) is 16.7 Å². The van der Waals surface area contributed by atoms with Crippen LogP contribution in [0.15, 0.2) is 29.0 Å². The van der Waals surface area contributed by atoms with E-state index in [0.29, 0.717) is 5.92 Å². The highest BCUT2D eigenvalue weighted by Gasteiger charge is 2.17. The normalized spacial score (nSPS) is 15.1. The summed E-state index contributed by atoms with van der Waals surface area (Å²) in [4.78, 5) is 4.25. The van der Waals surface area contributed by atoms with E-state index in [2.05, 4.69) is 16.8 Å². The van der Waals surface area contributed by atoms with Crippen LogP contribution in [0.25, 0.3) is 11.0 Å². The van der Waals surface area contributed by atoms with E-state index >= 15 is 0 Å². The number of aromatic nitrogens is 1. The molecule has 1 fully saturated rings. The molecule has 2 heteroatoms. The maximum Gasteiger partial charge on any atom is 0.138 e. The number of fused-ring (bicyclic) bond motifs is 1. The van der Waals surface area contributed by atoms with Gasteiger partial charge < -0.3 is 4.42 Å². The number of pyridine rings is 1. The summed E-state index contributed by atoms with van der Waals surface area (Å²) in [5.74, 6) is 6.93. The minimum absolute atomic E-state index is 0.610. The summed E-state index contributed by atoms with van der Waals surface area (Å²) in [5.41, 5.74) is 1.70. The van der Waals surface area contributed by atoms with Crippen molar-refractivity contribution in [3.8, 4) is 11.8 Å². The maximum absolute atomic E-state index is 5.27. The Morgan fingerprint density at radius 3 is 3.14 bits per heavy atom. The molecule has 2 aromatic heterocycles. The maximum atomic E-state index is 5.27. The van der Waals surface area contributed by atoms with Gasteiger partial charge in [-0.25, -0.2) is 4.98 Å². The lowest BCUT2D eigenvalue weighted by molar-refractivity contribution is 0.615. The molecule has 3 rings (SSSR count). The lowest BCUT2D eigenvalue weighted by atomic mass is 10.2. The second-order valence-corrected chi connectivity index (χ2v) is 3.54. The Bertz CT molecular complexity index is 526. The minimum atomic E-state index is 0.610. The van der Waals surface area contributed by atoms with E-state index in [4.69, 9.17) is 4.42 Å². The van der Waals surface area contributed by atoms with Gasteiger partial charge in [-0.05, 0) is 30.9 Å². The van der Waals surface area contributed by atoms with Crippen molar-refractivity contribution in [1.82, 2.24) is 4.98 Å². The minimum Gasteiger partial charge on any atom is -0.464 e. The molecule has 0 unspecified atom stereocenters. The van der Waals surface area contributed by atoms with E-state index in [1.807, 2.05) is 12.1 Å². The highest BCUT2D eigenvalue weighted by Crippen LogP contribution is 2.27. The monoisotopic (exact) mass is 183 g/mol. The largest absolute Gasteiger partial charge is 0.464 e. The third-order valence-corrected chi connectivity index (χ3v) is 2.35. The number of nitrogens with zero attached hydrogens (tertiary/aromatic N) is 1. The van der Waals surface area contributed by atoms with E-state index in [9.17, 15) is 0 Å². The van der Waals surface area contributed by atoms with Crippen LogP contribution in [-0.2, 0) is 0 Å². The first-order chi connectivity index (χ1) is 6.93. The van der Waals surface area contributed by atoms with Crippen molar-refractivity contribution >= 4 is 11.0 Å². The van der Waals surface area contributed by atoms with Crippen LogP contribution < -0.4 is 0 Å². The molecule has 1 aliphatic rings. The van der Waals surface area contributed by atoms with Gasteiger partial charge in [-0.3, -0.25) is 0 Å². The Kier molecular flexibility index (Phi) is 1.57. The first kappa shape index (κ1) is 7.64. The van der Waals surface area contributed by atoms with Gasteiger partial charge in [-0.15, -0.1) is 0 Å². The predicted octanol–water partition coefficient (Wildman–Crippen LogP) is 2.59. The second-order valence-electron chi connectivity index (χ2n) is 3.54. The Balaban J connectivity index is 2.11. The standard InChI is InChI=1S/C12H9NO/c1-2-9(1)3-4-11-10-6-8-14-12(10)5-7-13-11/h5-9H,1-2H2. The second kappa shape index (κ2) is 2.88. The van der Waals surface area contributed by atoms with Gasteiger partial charge >= 0.3 is 0 Å². The zero-order valence-electron chi connectivity index (χ0n) is 7.66. The van der Waals surface area contributed by atoms with Crippen molar-refractivity contribution in [2.24, 2.45) is 5.92 Å².